The number of hydrogen-bond donors (Lipinski definition) is 1. The van der Waals surface area contributed by atoms with Crippen molar-refractivity contribution < 1.29 is 23.0 Å². The molecule has 114 valence electrons. The van der Waals surface area contributed by atoms with Crippen LogP contribution in [0.15, 0.2) is 24.5 Å². The van der Waals surface area contributed by atoms with Crippen LogP contribution in [0.5, 0.6) is 11.6 Å². The Balaban J connectivity index is 1.98. The number of nitrogens with zero attached hydrogens (tertiary/aromatic N) is 2. The van der Waals surface area contributed by atoms with Gasteiger partial charge in [-0.1, -0.05) is 11.6 Å². The fourth-order valence-corrected chi connectivity index (χ4v) is 2.14. The van der Waals surface area contributed by atoms with Gasteiger partial charge in [-0.15, -0.1) is 0 Å². The smallest absolute Gasteiger partial charge is 0.388 e. The van der Waals surface area contributed by atoms with Gasteiger partial charge in [0.05, 0.1) is 23.1 Å². The van der Waals surface area contributed by atoms with Crippen molar-refractivity contribution in [2.24, 2.45) is 0 Å². The van der Waals surface area contributed by atoms with E-state index in [2.05, 4.69) is 20.0 Å². The molecule has 1 aliphatic rings. The second kappa shape index (κ2) is 5.72. The molecule has 6 nitrogen and oxygen atoms in total. The molecule has 1 N–H and O–H groups in total. The molecule has 0 atom stereocenters. The zero-order valence-electron chi connectivity index (χ0n) is 10.8. The largest absolute Gasteiger partial charge is 0.481 e. The van der Waals surface area contributed by atoms with Crippen molar-refractivity contribution in [3.8, 4) is 22.9 Å². The van der Waals surface area contributed by atoms with Gasteiger partial charge in [0.2, 0.25) is 5.88 Å². The fourth-order valence-electron chi connectivity index (χ4n) is 1.95. The monoisotopic (exact) mass is 327 g/mol. The van der Waals surface area contributed by atoms with Gasteiger partial charge >= 0.3 is 6.61 Å². The van der Waals surface area contributed by atoms with Gasteiger partial charge in [0.25, 0.3) is 5.91 Å². The lowest BCUT2D eigenvalue weighted by atomic mass is 10.1. The lowest BCUT2D eigenvalue weighted by molar-refractivity contribution is -0.118. The maximum absolute atomic E-state index is 12.1. The van der Waals surface area contributed by atoms with Crippen LogP contribution in [0.25, 0.3) is 11.3 Å². The summed E-state index contributed by atoms with van der Waals surface area (Å²) in [5.74, 6) is -0.266. The SMILES string of the molecule is O=C1COc2c(-c3cnc(OC(F)F)cn3)ccc(Cl)c2N1. The van der Waals surface area contributed by atoms with E-state index in [0.717, 1.165) is 6.20 Å². The number of benzene rings is 1. The molecule has 1 aromatic heterocycles. The van der Waals surface area contributed by atoms with Gasteiger partial charge in [0.15, 0.2) is 12.4 Å². The summed E-state index contributed by atoms with van der Waals surface area (Å²) in [4.78, 5) is 19.1. The number of rotatable bonds is 3. The van der Waals surface area contributed by atoms with Crippen LogP contribution in [-0.4, -0.2) is 29.1 Å². The number of ether oxygens (including phenoxy) is 2. The average molecular weight is 328 g/mol. The number of carbonyl (C=O) groups is 1. The van der Waals surface area contributed by atoms with E-state index in [9.17, 15) is 13.6 Å². The molecule has 2 heterocycles. The van der Waals surface area contributed by atoms with Crippen LogP contribution >= 0.6 is 11.6 Å². The Kier molecular flexibility index (Phi) is 3.76. The minimum atomic E-state index is -2.97. The van der Waals surface area contributed by atoms with E-state index in [1.54, 1.807) is 12.1 Å². The van der Waals surface area contributed by atoms with Gasteiger partial charge in [-0.25, -0.2) is 9.97 Å². The van der Waals surface area contributed by atoms with Gasteiger partial charge in [-0.2, -0.15) is 8.78 Å². The highest BCUT2D eigenvalue weighted by molar-refractivity contribution is 6.34. The number of hydrogen-bond acceptors (Lipinski definition) is 5. The summed E-state index contributed by atoms with van der Waals surface area (Å²) >= 11 is 6.02. The normalized spacial score (nSPS) is 13.4. The van der Waals surface area contributed by atoms with E-state index in [4.69, 9.17) is 16.3 Å². The average Bonchev–Trinajstić information content (AvgIpc) is 2.49. The first-order valence-corrected chi connectivity index (χ1v) is 6.45. The van der Waals surface area contributed by atoms with Gasteiger partial charge < -0.3 is 14.8 Å². The third-order valence-corrected chi connectivity index (χ3v) is 3.15. The van der Waals surface area contributed by atoms with Crippen molar-refractivity contribution >= 4 is 23.2 Å². The number of nitrogens with one attached hydrogen (secondary N) is 1. The molecule has 0 radical (unpaired) electrons. The molecule has 2 aromatic rings. The van der Waals surface area contributed by atoms with Crippen molar-refractivity contribution in [2.75, 3.05) is 11.9 Å². The van der Waals surface area contributed by atoms with Crippen LogP contribution in [-0.2, 0) is 4.79 Å². The number of alkyl halides is 2. The van der Waals surface area contributed by atoms with Crippen LogP contribution in [0.1, 0.15) is 0 Å². The maximum Gasteiger partial charge on any atom is 0.388 e. The van der Waals surface area contributed by atoms with Crippen LogP contribution in [0.2, 0.25) is 5.02 Å². The van der Waals surface area contributed by atoms with Crippen molar-refractivity contribution in [3.05, 3.63) is 29.5 Å². The van der Waals surface area contributed by atoms with Crippen molar-refractivity contribution in [1.29, 1.82) is 0 Å². The summed E-state index contributed by atoms with van der Waals surface area (Å²) in [6, 6.07) is 3.20. The van der Waals surface area contributed by atoms with Gasteiger partial charge in [0.1, 0.15) is 5.69 Å². The summed E-state index contributed by atoms with van der Waals surface area (Å²) in [5.41, 5.74) is 1.23. The predicted octanol–water partition coefficient (Wildman–Crippen LogP) is 2.73. The second-order valence-electron chi connectivity index (χ2n) is 4.25. The molecular weight excluding hydrogens is 320 g/mol. The Labute approximate surface area is 128 Å². The van der Waals surface area contributed by atoms with E-state index < -0.39 is 6.61 Å². The lowest BCUT2D eigenvalue weighted by Gasteiger charge is -2.21. The first kappa shape index (κ1) is 14.5. The van der Waals surface area contributed by atoms with E-state index in [-0.39, 0.29) is 18.4 Å². The Hall–Kier alpha value is -2.48. The molecule has 0 fully saturated rings. The Morgan fingerprint density at radius 1 is 1.32 bits per heavy atom. The quantitative estimate of drug-likeness (QED) is 0.938. The van der Waals surface area contributed by atoms with E-state index in [0.29, 0.717) is 27.7 Å². The Morgan fingerprint density at radius 2 is 2.14 bits per heavy atom. The molecule has 0 saturated carbocycles. The third-order valence-electron chi connectivity index (χ3n) is 2.83. The first-order chi connectivity index (χ1) is 10.5. The number of anilines is 1. The summed E-state index contributed by atoms with van der Waals surface area (Å²) < 4.78 is 33.7. The number of fused-ring (bicyclic) bond motifs is 1. The molecule has 0 unspecified atom stereocenters. The molecular formula is C13H8ClF2N3O3. The van der Waals surface area contributed by atoms with E-state index >= 15 is 0 Å². The molecule has 22 heavy (non-hydrogen) atoms. The fraction of sp³-hybridized carbons (Fsp3) is 0.154. The minimum absolute atomic E-state index is 0.152. The summed E-state index contributed by atoms with van der Waals surface area (Å²) in [6.07, 6.45) is 2.34. The Bertz CT molecular complexity index is 725. The molecule has 0 bridgehead atoms. The molecule has 9 heteroatoms. The summed E-state index contributed by atoms with van der Waals surface area (Å²) in [5, 5.41) is 2.92. The standard InChI is InChI=1S/C13H8ClF2N3O3/c14-7-2-1-6(12-11(7)19-9(20)5-21-12)8-3-18-10(4-17-8)22-13(15)16/h1-4,13H,5H2,(H,19,20). The highest BCUT2D eigenvalue weighted by Crippen LogP contribution is 2.42. The van der Waals surface area contributed by atoms with Crippen molar-refractivity contribution in [1.82, 2.24) is 9.97 Å². The van der Waals surface area contributed by atoms with Crippen LogP contribution < -0.4 is 14.8 Å². The van der Waals surface area contributed by atoms with Gasteiger partial charge in [0, 0.05) is 5.56 Å². The third kappa shape index (κ3) is 2.77. The highest BCUT2D eigenvalue weighted by atomic mass is 35.5. The maximum atomic E-state index is 12.1. The number of amides is 1. The zero-order valence-corrected chi connectivity index (χ0v) is 11.6. The predicted molar refractivity (Wildman–Crippen MR) is 73.2 cm³/mol. The first-order valence-electron chi connectivity index (χ1n) is 6.07. The summed E-state index contributed by atoms with van der Waals surface area (Å²) in [7, 11) is 0. The van der Waals surface area contributed by atoms with Crippen LogP contribution in [0.3, 0.4) is 0 Å². The molecule has 1 aromatic carbocycles. The van der Waals surface area contributed by atoms with E-state index in [1.165, 1.54) is 6.20 Å². The van der Waals surface area contributed by atoms with Crippen LogP contribution in [0.4, 0.5) is 14.5 Å². The number of carbonyl (C=O) groups excluding carboxylic acids is 1. The van der Waals surface area contributed by atoms with Crippen LogP contribution in [0, 0.1) is 0 Å². The lowest BCUT2D eigenvalue weighted by Crippen LogP contribution is -2.26. The molecule has 0 saturated heterocycles. The molecule has 1 aliphatic heterocycles. The van der Waals surface area contributed by atoms with Gasteiger partial charge in [-0.3, -0.25) is 4.79 Å². The Morgan fingerprint density at radius 3 is 2.82 bits per heavy atom. The molecule has 0 spiro atoms. The van der Waals surface area contributed by atoms with E-state index in [1.807, 2.05) is 0 Å². The topological polar surface area (TPSA) is 73.3 Å². The molecule has 0 aliphatic carbocycles. The highest BCUT2D eigenvalue weighted by Gasteiger charge is 2.23. The molecule has 3 rings (SSSR count). The van der Waals surface area contributed by atoms with Crippen molar-refractivity contribution in [2.45, 2.75) is 6.61 Å². The minimum Gasteiger partial charge on any atom is -0.481 e. The number of halogens is 3. The number of aromatic nitrogens is 2. The zero-order chi connectivity index (χ0) is 15.7. The van der Waals surface area contributed by atoms with Crippen molar-refractivity contribution in [3.63, 3.8) is 0 Å². The molecule has 1 amide bonds. The van der Waals surface area contributed by atoms with Gasteiger partial charge in [-0.05, 0) is 12.1 Å². The second-order valence-corrected chi connectivity index (χ2v) is 4.66. The summed E-state index contributed by atoms with van der Waals surface area (Å²) in [6.45, 7) is -3.12.